The normalized spacial score (nSPS) is 11.9. The van der Waals surface area contributed by atoms with Gasteiger partial charge < -0.3 is 10.2 Å². The molecule has 2 aromatic heterocycles. The van der Waals surface area contributed by atoms with Crippen molar-refractivity contribution in [3.63, 3.8) is 0 Å². The summed E-state index contributed by atoms with van der Waals surface area (Å²) in [6.07, 6.45) is 0. The number of fused-ring (bicyclic) bond motifs is 1. The van der Waals surface area contributed by atoms with Crippen molar-refractivity contribution in [2.24, 2.45) is 0 Å². The maximum atomic E-state index is 12.6. The number of hydrogen-bond donors (Lipinski definition) is 1. The molecule has 1 N–H and O–H groups in total. The molecule has 29 heavy (non-hydrogen) atoms. The van der Waals surface area contributed by atoms with Crippen molar-refractivity contribution in [1.82, 2.24) is 9.45 Å². The molecule has 0 atom stereocenters. The fourth-order valence-electron chi connectivity index (χ4n) is 2.61. The maximum absolute atomic E-state index is 12.6. The molecule has 0 aliphatic carbocycles. The van der Waals surface area contributed by atoms with Crippen LogP contribution in [0.1, 0.15) is 23.5 Å². The minimum absolute atomic E-state index is 0.0737. The zero-order chi connectivity index (χ0) is 21.2. The van der Waals surface area contributed by atoms with Crippen molar-refractivity contribution in [1.29, 1.82) is 0 Å². The quantitative estimate of drug-likeness (QED) is 0.523. The molecule has 3 aromatic rings. The first-order valence-electron chi connectivity index (χ1n) is 8.89. The van der Waals surface area contributed by atoms with Crippen LogP contribution in [0, 0.1) is 0 Å². The summed E-state index contributed by atoms with van der Waals surface area (Å²) in [5.74, 6) is -0.255. The van der Waals surface area contributed by atoms with Crippen LogP contribution in [0.15, 0.2) is 35.2 Å². The van der Waals surface area contributed by atoms with Gasteiger partial charge >= 0.3 is 0 Å². The second-order valence-electron chi connectivity index (χ2n) is 6.02. The minimum atomic E-state index is -3.72. The van der Waals surface area contributed by atoms with Crippen LogP contribution in [0.5, 0.6) is 0 Å². The Morgan fingerprint density at radius 1 is 1.17 bits per heavy atom. The van der Waals surface area contributed by atoms with Gasteiger partial charge in [0.25, 0.3) is 15.9 Å². The Labute approximate surface area is 177 Å². The second kappa shape index (κ2) is 8.76. The van der Waals surface area contributed by atoms with Crippen LogP contribution < -0.4 is 10.2 Å². The van der Waals surface area contributed by atoms with Gasteiger partial charge in [0.15, 0.2) is 5.13 Å². The number of rotatable bonds is 8. The predicted octanol–water partition coefficient (Wildman–Crippen LogP) is 3.64. The standard InChI is InChI=1S/C18H22N4O4S3/c1-5-22(6-2)18-20-17-15(28-18)11-14(27-17)16(23)19-12-7-9-13(10-8-12)29(24,25)21(3)26-4/h7-11H,5-6H2,1-4H3,(H,19,23). The third-order valence-electron chi connectivity index (χ3n) is 4.34. The van der Waals surface area contributed by atoms with Gasteiger partial charge in [0.1, 0.15) is 4.83 Å². The van der Waals surface area contributed by atoms with E-state index in [1.807, 2.05) is 6.07 Å². The summed E-state index contributed by atoms with van der Waals surface area (Å²) in [5, 5.41) is 3.75. The molecule has 8 nitrogen and oxygen atoms in total. The number of nitrogens with one attached hydrogen (secondary N) is 1. The van der Waals surface area contributed by atoms with Gasteiger partial charge in [-0.2, -0.15) is 0 Å². The third kappa shape index (κ3) is 4.43. The van der Waals surface area contributed by atoms with Crippen molar-refractivity contribution in [3.05, 3.63) is 35.2 Å². The smallest absolute Gasteiger partial charge is 0.265 e. The van der Waals surface area contributed by atoms with Gasteiger partial charge in [0.2, 0.25) is 0 Å². The molecule has 156 valence electrons. The minimum Gasteiger partial charge on any atom is -0.349 e. The highest BCUT2D eigenvalue weighted by molar-refractivity contribution is 7.89. The van der Waals surface area contributed by atoms with Gasteiger partial charge in [-0.15, -0.1) is 11.3 Å². The first kappa shape index (κ1) is 21.7. The summed E-state index contributed by atoms with van der Waals surface area (Å²) in [6, 6.07) is 7.77. The third-order valence-corrected chi connectivity index (χ3v) is 8.26. The molecule has 1 amide bonds. The lowest BCUT2D eigenvalue weighted by atomic mass is 10.3. The van der Waals surface area contributed by atoms with Gasteiger partial charge in [-0.05, 0) is 44.2 Å². The number of amides is 1. The summed E-state index contributed by atoms with van der Waals surface area (Å²) in [5.41, 5.74) is 0.502. The molecular formula is C18H22N4O4S3. The molecule has 0 aliphatic rings. The lowest BCUT2D eigenvalue weighted by Gasteiger charge is -2.16. The Balaban J connectivity index is 1.74. The molecule has 0 unspecified atom stereocenters. The Morgan fingerprint density at radius 3 is 2.38 bits per heavy atom. The monoisotopic (exact) mass is 454 g/mol. The van der Waals surface area contributed by atoms with E-state index >= 15 is 0 Å². The number of anilines is 2. The van der Waals surface area contributed by atoms with Gasteiger partial charge in [-0.3, -0.25) is 9.63 Å². The van der Waals surface area contributed by atoms with E-state index in [1.54, 1.807) is 23.5 Å². The Hall–Kier alpha value is -2.05. The van der Waals surface area contributed by atoms with Crippen LogP contribution >= 0.6 is 22.7 Å². The number of benzene rings is 1. The zero-order valence-corrected chi connectivity index (χ0v) is 18.9. The number of hydrogen-bond acceptors (Lipinski definition) is 8. The van der Waals surface area contributed by atoms with E-state index in [1.165, 1.54) is 37.6 Å². The molecule has 0 saturated carbocycles. The van der Waals surface area contributed by atoms with E-state index in [-0.39, 0.29) is 10.8 Å². The van der Waals surface area contributed by atoms with Gasteiger partial charge in [0.05, 0.1) is 21.6 Å². The van der Waals surface area contributed by atoms with Crippen molar-refractivity contribution in [2.75, 3.05) is 37.5 Å². The van der Waals surface area contributed by atoms with Crippen LogP contribution in [0.4, 0.5) is 10.8 Å². The van der Waals surface area contributed by atoms with Crippen LogP contribution in [0.3, 0.4) is 0 Å². The number of hydroxylamine groups is 1. The lowest BCUT2D eigenvalue weighted by Crippen LogP contribution is -2.25. The fourth-order valence-corrected chi connectivity index (χ4v) is 5.82. The molecule has 11 heteroatoms. The largest absolute Gasteiger partial charge is 0.349 e. The van der Waals surface area contributed by atoms with Crippen molar-refractivity contribution >= 4 is 59.0 Å². The van der Waals surface area contributed by atoms with E-state index in [2.05, 4.69) is 29.0 Å². The molecule has 3 rings (SSSR count). The number of thiazole rings is 1. The van der Waals surface area contributed by atoms with Crippen molar-refractivity contribution in [2.45, 2.75) is 18.7 Å². The van der Waals surface area contributed by atoms with E-state index in [9.17, 15) is 13.2 Å². The van der Waals surface area contributed by atoms with Crippen LogP contribution in [0.2, 0.25) is 0 Å². The number of carbonyl (C=O) groups is 1. The Morgan fingerprint density at radius 2 is 1.83 bits per heavy atom. The summed E-state index contributed by atoms with van der Waals surface area (Å²) < 4.78 is 26.2. The van der Waals surface area contributed by atoms with E-state index in [0.717, 1.165) is 32.2 Å². The summed E-state index contributed by atoms with van der Waals surface area (Å²) in [6.45, 7) is 5.94. The zero-order valence-electron chi connectivity index (χ0n) is 16.5. The topological polar surface area (TPSA) is 91.8 Å². The highest BCUT2D eigenvalue weighted by Crippen LogP contribution is 2.35. The van der Waals surface area contributed by atoms with Gasteiger partial charge in [0, 0.05) is 25.8 Å². The number of thiophene rings is 1. The van der Waals surface area contributed by atoms with Gasteiger partial charge in [-0.25, -0.2) is 13.4 Å². The average molecular weight is 455 g/mol. The van der Waals surface area contributed by atoms with E-state index in [4.69, 9.17) is 4.84 Å². The van der Waals surface area contributed by atoms with Crippen LogP contribution in [0.25, 0.3) is 9.53 Å². The van der Waals surface area contributed by atoms with E-state index in [0.29, 0.717) is 10.6 Å². The fraction of sp³-hybridized carbons (Fsp3) is 0.333. The molecule has 1 aromatic carbocycles. The van der Waals surface area contributed by atoms with Gasteiger partial charge in [-0.1, -0.05) is 15.8 Å². The molecule has 0 fully saturated rings. The second-order valence-corrected chi connectivity index (χ2v) is 10.0. The molecule has 0 bridgehead atoms. The van der Waals surface area contributed by atoms with E-state index < -0.39 is 10.0 Å². The lowest BCUT2D eigenvalue weighted by molar-refractivity contribution is -0.0258. The Bertz CT molecular complexity index is 1070. The number of sulfonamides is 1. The Kier molecular flexibility index (Phi) is 6.54. The first-order valence-corrected chi connectivity index (χ1v) is 12.0. The number of aromatic nitrogens is 1. The number of carbonyl (C=O) groups excluding carboxylic acids is 1. The average Bonchev–Trinajstić information content (AvgIpc) is 3.28. The summed E-state index contributed by atoms with van der Waals surface area (Å²) in [4.78, 5) is 25.6. The molecule has 0 saturated heterocycles. The number of nitrogens with zero attached hydrogens (tertiary/aromatic N) is 3. The van der Waals surface area contributed by atoms with Crippen LogP contribution in [-0.2, 0) is 14.9 Å². The SMILES string of the molecule is CCN(CC)c1nc2sc(C(=O)Nc3ccc(S(=O)(=O)N(C)OC)cc3)cc2s1. The molecule has 0 spiro atoms. The molecular weight excluding hydrogens is 432 g/mol. The maximum Gasteiger partial charge on any atom is 0.265 e. The predicted molar refractivity (Wildman–Crippen MR) is 117 cm³/mol. The summed E-state index contributed by atoms with van der Waals surface area (Å²) in [7, 11) is -1.13. The van der Waals surface area contributed by atoms with Crippen LogP contribution in [-0.4, -0.2) is 51.0 Å². The highest BCUT2D eigenvalue weighted by Gasteiger charge is 2.21. The highest BCUT2D eigenvalue weighted by atomic mass is 32.2. The van der Waals surface area contributed by atoms with Crippen molar-refractivity contribution < 1.29 is 18.0 Å². The molecule has 2 heterocycles. The first-order chi connectivity index (χ1) is 13.8. The summed E-state index contributed by atoms with van der Waals surface area (Å²) >= 11 is 2.91. The molecule has 0 radical (unpaired) electrons. The molecule has 0 aliphatic heterocycles. The van der Waals surface area contributed by atoms with Crippen molar-refractivity contribution in [3.8, 4) is 0 Å².